The van der Waals surface area contributed by atoms with Gasteiger partial charge in [0.05, 0.1) is 24.0 Å². The summed E-state index contributed by atoms with van der Waals surface area (Å²) in [6, 6.07) is 10.5. The van der Waals surface area contributed by atoms with Crippen molar-refractivity contribution in [3.8, 4) is 11.8 Å². The Kier molecular flexibility index (Phi) is 15.5. The van der Waals surface area contributed by atoms with Crippen molar-refractivity contribution in [3.05, 3.63) is 69.1 Å². The Balaban J connectivity index is -0.000000341. The van der Waals surface area contributed by atoms with Crippen LogP contribution in [0.5, 0.6) is 5.75 Å². The molecule has 0 atom stereocenters. The molecule has 28 heavy (non-hydrogen) atoms. The second-order valence-corrected chi connectivity index (χ2v) is 6.23. The van der Waals surface area contributed by atoms with Crippen LogP contribution < -0.4 is 5.32 Å². The molecule has 0 aliphatic rings. The first-order valence-electron chi connectivity index (χ1n) is 7.25. The van der Waals surface area contributed by atoms with E-state index in [0.29, 0.717) is 21.1 Å². The number of furan rings is 2. The first-order valence-corrected chi connectivity index (χ1v) is 8.84. The van der Waals surface area contributed by atoms with Crippen LogP contribution in [0.15, 0.2) is 60.8 Å². The molecule has 3 rings (SSSR count). The zero-order valence-corrected chi connectivity index (χ0v) is 17.9. The lowest BCUT2D eigenvalue weighted by Gasteiger charge is -1.97. The van der Waals surface area contributed by atoms with Crippen molar-refractivity contribution < 1.29 is 30.2 Å². The molecule has 0 aromatic carbocycles. The molecule has 3 aromatic heterocycles. The zero-order valence-electron chi connectivity index (χ0n) is 14.7. The van der Waals surface area contributed by atoms with Crippen molar-refractivity contribution in [3.63, 3.8) is 0 Å². The van der Waals surface area contributed by atoms with Crippen LogP contribution >= 0.6 is 31.9 Å². The van der Waals surface area contributed by atoms with Crippen LogP contribution in [0.2, 0.25) is 0 Å². The molecule has 0 unspecified atom stereocenters. The number of aromatic hydroxyl groups is 1. The second kappa shape index (κ2) is 15.6. The van der Waals surface area contributed by atoms with E-state index in [1.165, 1.54) is 6.26 Å². The fourth-order valence-electron chi connectivity index (χ4n) is 1.54. The quantitative estimate of drug-likeness (QED) is 0.311. The number of aldehydes is 1. The van der Waals surface area contributed by atoms with E-state index in [1.54, 1.807) is 30.5 Å². The lowest BCUT2D eigenvalue weighted by Crippen LogP contribution is -2.77. The number of carbonyl (C=O) groups is 1. The maximum atomic E-state index is 9.77. The van der Waals surface area contributed by atoms with Crippen molar-refractivity contribution >= 4 is 46.6 Å². The molecule has 0 fully saturated rings. The highest BCUT2D eigenvalue weighted by Gasteiger charge is 2.07. The minimum Gasteiger partial charge on any atom is -0.504 e. The molecular formula is C17H19BBr2FN3O4+. The predicted molar refractivity (Wildman–Crippen MR) is 111 cm³/mol. The Morgan fingerprint density at radius 2 is 1.96 bits per heavy atom. The maximum Gasteiger partial charge on any atom is 0.185 e. The van der Waals surface area contributed by atoms with E-state index in [-0.39, 0.29) is 26.0 Å². The Morgan fingerprint density at radius 1 is 1.32 bits per heavy atom. The summed E-state index contributed by atoms with van der Waals surface area (Å²) >= 11 is 6.15. The molecule has 0 spiro atoms. The third-order valence-electron chi connectivity index (χ3n) is 2.67. The maximum absolute atomic E-state index is 9.77. The monoisotopic (exact) mass is 518 g/mol. The van der Waals surface area contributed by atoms with Crippen molar-refractivity contribution in [2.75, 3.05) is 7.05 Å². The van der Waals surface area contributed by atoms with Crippen LogP contribution in [0.3, 0.4) is 0 Å². The van der Waals surface area contributed by atoms with Crippen LogP contribution in [0, 0.1) is 11.3 Å². The van der Waals surface area contributed by atoms with E-state index in [9.17, 15) is 4.79 Å². The summed E-state index contributed by atoms with van der Waals surface area (Å²) in [5.41, 5.74) is 0.00579. The average molecular weight is 520 g/mol. The van der Waals surface area contributed by atoms with Gasteiger partial charge in [0.1, 0.15) is 17.2 Å². The summed E-state index contributed by atoms with van der Waals surface area (Å²) in [5.74, 6) is 1.28. The normalized spacial score (nSPS) is 8.50. The fourth-order valence-corrected chi connectivity index (χ4v) is 2.66. The zero-order chi connectivity index (χ0) is 19.4. The van der Waals surface area contributed by atoms with Gasteiger partial charge < -0.3 is 19.3 Å². The molecular weight excluding hydrogens is 500 g/mol. The van der Waals surface area contributed by atoms with Gasteiger partial charge in [0.2, 0.25) is 0 Å². The second-order valence-electron chi connectivity index (χ2n) is 4.56. The summed E-state index contributed by atoms with van der Waals surface area (Å²) in [6.45, 7) is 0.938. The molecule has 3 N–H and O–H groups in total. The molecule has 0 bridgehead atoms. The lowest BCUT2D eigenvalue weighted by molar-refractivity contribution is -0.645. The van der Waals surface area contributed by atoms with Gasteiger partial charge in [-0.3, -0.25) is 9.50 Å². The number of pyridine rings is 1. The molecule has 11 heteroatoms. The molecule has 3 aromatic rings. The van der Waals surface area contributed by atoms with Crippen LogP contribution in [0.4, 0.5) is 4.70 Å². The summed E-state index contributed by atoms with van der Waals surface area (Å²) in [4.78, 5) is 13.5. The minimum absolute atomic E-state index is 0. The standard InChI is InChI=1S/C6H2Br2N2O.C6H9NO.C5H4O2.B.FH.H2/c7-3-1-5(8)10-4(2-9)6(3)11;1-7-5-6-3-2-4-8-6;6-4-5-2-1-3-7-5;;;/h1,11H;2-4,7H,5H2,1H3;1-4H;;2*1H/p+1/i;;;;;1+1. The van der Waals surface area contributed by atoms with Gasteiger partial charge in [-0.2, -0.15) is 5.26 Å². The number of nitriles is 1. The topological polar surface area (TPSA) is 117 Å². The smallest absolute Gasteiger partial charge is 0.185 e. The van der Waals surface area contributed by atoms with Crippen molar-refractivity contribution in [2.45, 2.75) is 6.54 Å². The Morgan fingerprint density at radius 3 is 2.39 bits per heavy atom. The van der Waals surface area contributed by atoms with E-state index in [2.05, 4.69) is 46.6 Å². The van der Waals surface area contributed by atoms with Gasteiger partial charge in [0, 0.05) is 9.84 Å². The predicted octanol–water partition coefficient (Wildman–Crippen LogP) is 3.27. The molecule has 0 amide bonds. The first-order chi connectivity index (χ1) is 12.5. The largest absolute Gasteiger partial charge is 0.504 e. The van der Waals surface area contributed by atoms with E-state index in [0.717, 1.165) is 12.3 Å². The van der Waals surface area contributed by atoms with Gasteiger partial charge in [-0.05, 0) is 62.2 Å². The number of aromatic nitrogens is 1. The lowest BCUT2D eigenvalue weighted by atomic mass is 10.3. The van der Waals surface area contributed by atoms with Crippen LogP contribution in [0.25, 0.3) is 0 Å². The molecule has 0 aliphatic heterocycles. The average Bonchev–Trinajstić information content (AvgIpc) is 3.33. The van der Waals surface area contributed by atoms with E-state index >= 15 is 0 Å². The number of quaternary nitrogens is 1. The van der Waals surface area contributed by atoms with Gasteiger partial charge in [-0.15, -0.1) is 0 Å². The van der Waals surface area contributed by atoms with Crippen molar-refractivity contribution in [1.29, 1.82) is 5.26 Å². The summed E-state index contributed by atoms with van der Waals surface area (Å²) in [5, 5.41) is 19.7. The third-order valence-corrected chi connectivity index (χ3v) is 3.68. The van der Waals surface area contributed by atoms with Crippen LogP contribution in [-0.2, 0) is 6.54 Å². The molecule has 7 nitrogen and oxygen atoms in total. The highest BCUT2D eigenvalue weighted by atomic mass is 79.9. The Bertz CT molecular complexity index is 847. The van der Waals surface area contributed by atoms with Gasteiger partial charge in [-0.25, -0.2) is 4.98 Å². The van der Waals surface area contributed by atoms with Crippen LogP contribution in [0.1, 0.15) is 23.4 Å². The fraction of sp³-hybridized carbons (Fsp3) is 0.118. The highest BCUT2D eigenvalue weighted by molar-refractivity contribution is 9.11. The third kappa shape index (κ3) is 10.1. The number of hydrogen-bond donors (Lipinski definition) is 2. The number of hydrogen-bond acceptors (Lipinski definition) is 6. The van der Waals surface area contributed by atoms with Crippen molar-refractivity contribution in [1.82, 2.24) is 4.98 Å². The van der Waals surface area contributed by atoms with E-state index < -0.39 is 0 Å². The molecule has 0 saturated heterocycles. The Labute approximate surface area is 181 Å². The van der Waals surface area contributed by atoms with Gasteiger partial charge in [0.15, 0.2) is 29.3 Å². The SMILES string of the molecule is C[NH2+]Cc1ccco1.F.N#Cc1nc(Br)cc(Br)c1O.O=Cc1ccco1.[2HH].[B]. The number of nitrogens with two attached hydrogens (primary N) is 1. The first kappa shape index (κ1) is 27.8. The molecule has 3 heterocycles. The summed E-state index contributed by atoms with van der Waals surface area (Å²) in [6.07, 6.45) is 3.82. The molecule has 0 aliphatic carbocycles. The van der Waals surface area contributed by atoms with Gasteiger partial charge >= 0.3 is 0 Å². The van der Waals surface area contributed by atoms with E-state index in [1.807, 2.05) is 19.2 Å². The molecule has 0 saturated carbocycles. The Hall–Kier alpha value is -2.42. The van der Waals surface area contributed by atoms with E-state index in [4.69, 9.17) is 14.8 Å². The molecule has 149 valence electrons. The number of nitrogens with zero attached hydrogens (tertiary/aromatic N) is 2. The number of carbonyl (C=O) groups excluding carboxylic acids is 1. The summed E-state index contributed by atoms with van der Waals surface area (Å²) in [7, 11) is 2.02. The van der Waals surface area contributed by atoms with Gasteiger partial charge in [-0.1, -0.05) is 0 Å². The highest BCUT2D eigenvalue weighted by Crippen LogP contribution is 2.28. The van der Waals surface area contributed by atoms with Gasteiger partial charge in [0.25, 0.3) is 0 Å². The number of rotatable bonds is 3. The molecule has 3 radical (unpaired) electrons. The minimum atomic E-state index is -0.129. The number of halogens is 3. The van der Waals surface area contributed by atoms with Crippen molar-refractivity contribution in [2.24, 2.45) is 0 Å². The van der Waals surface area contributed by atoms with Crippen LogP contribution in [-0.4, -0.2) is 31.8 Å². The summed E-state index contributed by atoms with van der Waals surface area (Å²) < 4.78 is 10.6.